The molecule has 0 aliphatic rings. The number of rotatable bonds is 3. The van der Waals surface area contributed by atoms with Crippen LogP contribution >= 0.6 is 11.6 Å². The zero-order valence-electron chi connectivity index (χ0n) is 9.81. The summed E-state index contributed by atoms with van der Waals surface area (Å²) < 4.78 is 43.2. The van der Waals surface area contributed by atoms with Crippen LogP contribution in [0.15, 0.2) is 17.1 Å². The number of amidine groups is 1. The molecule has 0 spiro atoms. The van der Waals surface area contributed by atoms with Gasteiger partial charge in [0.1, 0.15) is 11.6 Å². The van der Waals surface area contributed by atoms with Gasteiger partial charge in [-0.25, -0.2) is 4.99 Å². The van der Waals surface area contributed by atoms with Gasteiger partial charge in [0.05, 0.1) is 24.2 Å². The number of alkyl halides is 4. The molecule has 0 fully saturated rings. The van der Waals surface area contributed by atoms with Crippen molar-refractivity contribution in [3.05, 3.63) is 23.3 Å². The molecule has 0 aliphatic heterocycles. The first-order valence-corrected chi connectivity index (χ1v) is 5.48. The predicted molar refractivity (Wildman–Crippen MR) is 64.7 cm³/mol. The lowest BCUT2D eigenvalue weighted by Gasteiger charge is -2.15. The van der Waals surface area contributed by atoms with Gasteiger partial charge in [0.15, 0.2) is 0 Å². The normalized spacial score (nSPS) is 12.7. The Morgan fingerprint density at radius 1 is 1.44 bits per heavy atom. The quantitative estimate of drug-likeness (QED) is 0.525. The Bertz CT molecular complexity index is 472. The van der Waals surface area contributed by atoms with E-state index in [9.17, 15) is 13.2 Å². The van der Waals surface area contributed by atoms with Gasteiger partial charge in [-0.1, -0.05) is 0 Å². The summed E-state index contributed by atoms with van der Waals surface area (Å²) in [5.41, 5.74) is 4.93. The average molecular weight is 281 g/mol. The van der Waals surface area contributed by atoms with Gasteiger partial charge in [-0.3, -0.25) is 0 Å². The molecular formula is C11H12ClF3N2O. The Labute approximate surface area is 107 Å². The lowest BCUT2D eigenvalue weighted by atomic mass is 10.1. The first kappa shape index (κ1) is 14.6. The summed E-state index contributed by atoms with van der Waals surface area (Å²) in [7, 11) is 1.19. The van der Waals surface area contributed by atoms with Crippen molar-refractivity contribution in [2.24, 2.45) is 10.7 Å². The molecular weight excluding hydrogens is 269 g/mol. The number of benzene rings is 1. The van der Waals surface area contributed by atoms with Crippen molar-refractivity contribution in [3.63, 3.8) is 0 Å². The number of methoxy groups -OCH3 is 1. The number of nitrogens with two attached hydrogens (primary N) is 1. The average Bonchev–Trinajstić information content (AvgIpc) is 2.27. The molecule has 7 heteroatoms. The minimum Gasteiger partial charge on any atom is -0.496 e. The first-order valence-electron chi connectivity index (χ1n) is 4.94. The van der Waals surface area contributed by atoms with E-state index in [-0.39, 0.29) is 23.2 Å². The van der Waals surface area contributed by atoms with Crippen LogP contribution in [0.3, 0.4) is 0 Å². The molecule has 0 aromatic heterocycles. The largest absolute Gasteiger partial charge is 0.496 e. The van der Waals surface area contributed by atoms with Crippen molar-refractivity contribution in [2.45, 2.75) is 13.1 Å². The number of hydrogen-bond donors (Lipinski definition) is 1. The van der Waals surface area contributed by atoms with Crippen LogP contribution in [-0.2, 0) is 6.18 Å². The van der Waals surface area contributed by atoms with Crippen molar-refractivity contribution in [1.82, 2.24) is 0 Å². The second-order valence-corrected chi connectivity index (χ2v) is 3.85. The summed E-state index contributed by atoms with van der Waals surface area (Å²) in [4.78, 5) is 3.79. The highest BCUT2D eigenvalue weighted by molar-refractivity contribution is 6.28. The van der Waals surface area contributed by atoms with Gasteiger partial charge in [0.2, 0.25) is 0 Å². The Balaban J connectivity index is 3.40. The summed E-state index contributed by atoms with van der Waals surface area (Å²) in [6.07, 6.45) is -4.52. The molecule has 1 aromatic rings. The zero-order chi connectivity index (χ0) is 13.9. The van der Waals surface area contributed by atoms with E-state index in [4.69, 9.17) is 22.1 Å². The van der Waals surface area contributed by atoms with E-state index in [1.807, 2.05) is 0 Å². The monoisotopic (exact) mass is 280 g/mol. The summed E-state index contributed by atoms with van der Waals surface area (Å²) in [6.45, 7) is 1.50. The van der Waals surface area contributed by atoms with E-state index < -0.39 is 11.7 Å². The first-order chi connectivity index (χ1) is 8.29. The molecule has 1 rings (SSSR count). The third-order valence-electron chi connectivity index (χ3n) is 2.18. The number of ether oxygens (including phenoxy) is 1. The SMILES string of the molecule is COc1c(C)cc(N=C(N)CCl)cc1C(F)(F)F. The third kappa shape index (κ3) is 3.29. The van der Waals surface area contributed by atoms with E-state index in [0.29, 0.717) is 5.56 Å². The van der Waals surface area contributed by atoms with Gasteiger partial charge in [0.25, 0.3) is 0 Å². The fraction of sp³-hybridized carbons (Fsp3) is 0.364. The van der Waals surface area contributed by atoms with Crippen LogP contribution in [-0.4, -0.2) is 18.8 Å². The zero-order valence-corrected chi connectivity index (χ0v) is 10.6. The Hall–Kier alpha value is -1.43. The fourth-order valence-corrected chi connectivity index (χ4v) is 1.56. The molecule has 0 saturated heterocycles. The van der Waals surface area contributed by atoms with Gasteiger partial charge in [0, 0.05) is 0 Å². The molecule has 0 saturated carbocycles. The third-order valence-corrected chi connectivity index (χ3v) is 2.45. The topological polar surface area (TPSA) is 47.6 Å². The van der Waals surface area contributed by atoms with Gasteiger partial charge in [-0.05, 0) is 24.6 Å². The summed E-state index contributed by atoms with van der Waals surface area (Å²) in [5, 5.41) is 0. The van der Waals surface area contributed by atoms with E-state index in [2.05, 4.69) is 4.99 Å². The Kier molecular flexibility index (Phi) is 4.45. The molecule has 0 amide bonds. The molecule has 0 unspecified atom stereocenters. The van der Waals surface area contributed by atoms with Gasteiger partial charge in [-0.15, -0.1) is 11.6 Å². The Morgan fingerprint density at radius 3 is 2.50 bits per heavy atom. The standard InChI is InChI=1S/C11H12ClF3N2O/c1-6-3-7(17-9(16)5-12)4-8(10(6)18-2)11(13,14)15/h3-4H,5H2,1-2H3,(H2,16,17). The minimum absolute atomic E-state index is 0.0492. The highest BCUT2D eigenvalue weighted by Gasteiger charge is 2.35. The van der Waals surface area contributed by atoms with Crippen molar-refractivity contribution in [3.8, 4) is 5.75 Å². The van der Waals surface area contributed by atoms with Crippen LogP contribution in [0.4, 0.5) is 18.9 Å². The highest BCUT2D eigenvalue weighted by atomic mass is 35.5. The Morgan fingerprint density at radius 2 is 2.06 bits per heavy atom. The molecule has 0 heterocycles. The maximum atomic E-state index is 12.8. The van der Waals surface area contributed by atoms with Crippen LogP contribution in [0, 0.1) is 6.92 Å². The molecule has 0 aliphatic carbocycles. The molecule has 2 N–H and O–H groups in total. The lowest BCUT2D eigenvalue weighted by molar-refractivity contribution is -0.138. The van der Waals surface area contributed by atoms with Crippen molar-refractivity contribution < 1.29 is 17.9 Å². The lowest BCUT2D eigenvalue weighted by Crippen LogP contribution is -2.13. The molecule has 0 bridgehead atoms. The van der Waals surface area contributed by atoms with Crippen molar-refractivity contribution >= 4 is 23.1 Å². The second kappa shape index (κ2) is 5.48. The van der Waals surface area contributed by atoms with Crippen molar-refractivity contribution in [2.75, 3.05) is 13.0 Å². The van der Waals surface area contributed by atoms with Crippen LogP contribution in [0.5, 0.6) is 5.75 Å². The van der Waals surface area contributed by atoms with Crippen molar-refractivity contribution in [1.29, 1.82) is 0 Å². The smallest absolute Gasteiger partial charge is 0.420 e. The minimum atomic E-state index is -4.52. The van der Waals surface area contributed by atoms with E-state index in [1.54, 1.807) is 0 Å². The second-order valence-electron chi connectivity index (χ2n) is 3.58. The molecule has 0 radical (unpaired) electrons. The number of aryl methyl sites for hydroxylation is 1. The van der Waals surface area contributed by atoms with Gasteiger partial charge in [-0.2, -0.15) is 13.2 Å². The van der Waals surface area contributed by atoms with Gasteiger partial charge >= 0.3 is 6.18 Å². The van der Waals surface area contributed by atoms with E-state index in [1.165, 1.54) is 20.1 Å². The number of aliphatic imine (C=N–C) groups is 1. The molecule has 3 nitrogen and oxygen atoms in total. The maximum Gasteiger partial charge on any atom is 0.420 e. The number of hydrogen-bond acceptors (Lipinski definition) is 2. The summed E-state index contributed by atoms with van der Waals surface area (Å²) >= 11 is 5.43. The van der Waals surface area contributed by atoms with E-state index in [0.717, 1.165) is 6.07 Å². The summed E-state index contributed by atoms with van der Waals surface area (Å²) in [5.74, 6) is -0.216. The number of nitrogens with zero attached hydrogens (tertiary/aromatic N) is 1. The number of halogens is 4. The fourth-order valence-electron chi connectivity index (χ4n) is 1.50. The maximum absolute atomic E-state index is 12.8. The molecule has 18 heavy (non-hydrogen) atoms. The molecule has 0 atom stereocenters. The van der Waals surface area contributed by atoms with E-state index >= 15 is 0 Å². The van der Waals surface area contributed by atoms with Crippen LogP contribution in [0.2, 0.25) is 0 Å². The molecule has 1 aromatic carbocycles. The van der Waals surface area contributed by atoms with Crippen LogP contribution in [0.25, 0.3) is 0 Å². The predicted octanol–water partition coefficient (Wildman–Crippen LogP) is 3.25. The highest BCUT2D eigenvalue weighted by Crippen LogP contribution is 2.40. The van der Waals surface area contributed by atoms with Crippen LogP contribution < -0.4 is 10.5 Å². The summed E-state index contributed by atoms with van der Waals surface area (Å²) in [6, 6.07) is 2.33. The van der Waals surface area contributed by atoms with Crippen LogP contribution in [0.1, 0.15) is 11.1 Å². The molecule has 100 valence electrons. The van der Waals surface area contributed by atoms with Gasteiger partial charge < -0.3 is 10.5 Å².